The molecular formula is C26H23FN4O. The van der Waals surface area contributed by atoms with Crippen LogP contribution >= 0.6 is 0 Å². The second kappa shape index (κ2) is 7.26. The lowest BCUT2D eigenvalue weighted by Gasteiger charge is -2.10. The van der Waals surface area contributed by atoms with Gasteiger partial charge in [-0.1, -0.05) is 12.1 Å². The molecule has 2 aliphatic carbocycles. The molecule has 2 aromatic carbocycles. The molecule has 2 aromatic heterocycles. The summed E-state index contributed by atoms with van der Waals surface area (Å²) < 4.78 is 17.1. The third kappa shape index (κ3) is 3.55. The van der Waals surface area contributed by atoms with E-state index in [9.17, 15) is 4.79 Å². The molecule has 0 radical (unpaired) electrons. The first-order chi connectivity index (χ1) is 15.5. The fourth-order valence-corrected chi connectivity index (χ4v) is 4.26. The number of carbonyl (C=O) groups is 1. The summed E-state index contributed by atoms with van der Waals surface area (Å²) in [6, 6.07) is 16.8. The van der Waals surface area contributed by atoms with Crippen molar-refractivity contribution in [1.82, 2.24) is 14.8 Å². The van der Waals surface area contributed by atoms with Gasteiger partial charge in [0.25, 0.3) is 0 Å². The van der Waals surface area contributed by atoms with Crippen LogP contribution in [-0.2, 0) is 4.79 Å². The van der Waals surface area contributed by atoms with Gasteiger partial charge in [0.1, 0.15) is 11.5 Å². The van der Waals surface area contributed by atoms with Crippen molar-refractivity contribution < 1.29 is 9.18 Å². The van der Waals surface area contributed by atoms with Crippen molar-refractivity contribution in [3.05, 3.63) is 71.8 Å². The SMILES string of the molecule is CC(=O)Nc1ccc2nc(-c3ccc(-n4nc(C5CC5)cc4C4CC4)c(F)c3)ccc2c1. The highest BCUT2D eigenvalue weighted by Gasteiger charge is 2.33. The summed E-state index contributed by atoms with van der Waals surface area (Å²) in [7, 11) is 0. The smallest absolute Gasteiger partial charge is 0.221 e. The Labute approximate surface area is 185 Å². The Balaban J connectivity index is 1.34. The minimum Gasteiger partial charge on any atom is -0.326 e. The maximum Gasteiger partial charge on any atom is 0.221 e. The van der Waals surface area contributed by atoms with Gasteiger partial charge in [0.15, 0.2) is 0 Å². The molecule has 160 valence electrons. The molecule has 0 bridgehead atoms. The summed E-state index contributed by atoms with van der Waals surface area (Å²) in [4.78, 5) is 16.0. The van der Waals surface area contributed by atoms with Gasteiger partial charge in [0.05, 0.1) is 16.9 Å². The fourth-order valence-electron chi connectivity index (χ4n) is 4.26. The lowest BCUT2D eigenvalue weighted by atomic mass is 10.1. The number of nitrogens with zero attached hydrogens (tertiary/aromatic N) is 3. The number of nitrogens with one attached hydrogen (secondary N) is 1. The van der Waals surface area contributed by atoms with Gasteiger partial charge >= 0.3 is 0 Å². The molecule has 0 aliphatic heterocycles. The number of benzene rings is 2. The lowest BCUT2D eigenvalue weighted by Crippen LogP contribution is -2.05. The Kier molecular flexibility index (Phi) is 4.35. The van der Waals surface area contributed by atoms with Gasteiger partial charge in [0, 0.05) is 41.1 Å². The van der Waals surface area contributed by atoms with E-state index in [0.29, 0.717) is 23.2 Å². The number of anilines is 1. The molecule has 2 saturated carbocycles. The molecule has 2 aliphatic rings. The van der Waals surface area contributed by atoms with Crippen molar-refractivity contribution in [1.29, 1.82) is 0 Å². The standard InChI is InChI=1S/C26H23FN4O/c1-15(32)28-20-8-10-23-18(12-20)6-9-22(29-23)19-7-11-25(21(27)13-19)31-26(17-4-5-17)14-24(30-31)16-2-3-16/h6-14,16-17H,2-5H2,1H3,(H,28,32). The number of rotatable bonds is 5. The lowest BCUT2D eigenvalue weighted by molar-refractivity contribution is -0.114. The van der Waals surface area contributed by atoms with Crippen molar-refractivity contribution >= 4 is 22.5 Å². The minimum absolute atomic E-state index is 0.115. The molecule has 2 heterocycles. The predicted octanol–water partition coefficient (Wildman–Crippen LogP) is 5.94. The largest absolute Gasteiger partial charge is 0.326 e. The number of hydrogen-bond acceptors (Lipinski definition) is 3. The van der Waals surface area contributed by atoms with Crippen LogP contribution in [0.5, 0.6) is 0 Å². The molecule has 0 unspecified atom stereocenters. The molecule has 4 aromatic rings. The molecule has 6 rings (SSSR count). The summed E-state index contributed by atoms with van der Waals surface area (Å²) in [5.74, 6) is 0.635. The average molecular weight is 426 g/mol. The van der Waals surface area contributed by atoms with Gasteiger partial charge in [-0.2, -0.15) is 5.10 Å². The van der Waals surface area contributed by atoms with Crippen molar-refractivity contribution in [2.45, 2.75) is 44.4 Å². The number of pyridine rings is 1. The predicted molar refractivity (Wildman–Crippen MR) is 123 cm³/mol. The second-order valence-corrected chi connectivity index (χ2v) is 8.91. The minimum atomic E-state index is -0.294. The Morgan fingerprint density at radius 3 is 2.53 bits per heavy atom. The van der Waals surface area contributed by atoms with E-state index in [1.165, 1.54) is 19.8 Å². The fraction of sp³-hybridized carbons (Fsp3) is 0.269. The van der Waals surface area contributed by atoms with Crippen LogP contribution < -0.4 is 5.32 Å². The summed E-state index contributed by atoms with van der Waals surface area (Å²) in [5.41, 5.74) is 5.69. The molecule has 2 fully saturated rings. The first kappa shape index (κ1) is 19.2. The highest BCUT2D eigenvalue weighted by atomic mass is 19.1. The van der Waals surface area contributed by atoms with Crippen LogP contribution in [0.25, 0.3) is 27.8 Å². The number of fused-ring (bicyclic) bond motifs is 1. The van der Waals surface area contributed by atoms with E-state index in [4.69, 9.17) is 10.1 Å². The highest BCUT2D eigenvalue weighted by Crippen LogP contribution is 2.45. The second-order valence-electron chi connectivity index (χ2n) is 8.91. The normalized spacial score (nSPS) is 15.8. The maximum absolute atomic E-state index is 15.3. The van der Waals surface area contributed by atoms with E-state index in [-0.39, 0.29) is 11.7 Å². The Hall–Kier alpha value is -3.54. The van der Waals surface area contributed by atoms with Gasteiger partial charge < -0.3 is 5.32 Å². The van der Waals surface area contributed by atoms with Crippen LogP contribution in [0.2, 0.25) is 0 Å². The van der Waals surface area contributed by atoms with Crippen molar-refractivity contribution in [3.63, 3.8) is 0 Å². The van der Waals surface area contributed by atoms with Gasteiger partial charge in [0.2, 0.25) is 5.91 Å². The quantitative estimate of drug-likeness (QED) is 0.430. The number of hydrogen-bond donors (Lipinski definition) is 1. The summed E-state index contributed by atoms with van der Waals surface area (Å²) >= 11 is 0. The zero-order valence-electron chi connectivity index (χ0n) is 17.8. The van der Waals surface area contributed by atoms with E-state index >= 15 is 4.39 Å². The van der Waals surface area contributed by atoms with Gasteiger partial charge in [-0.15, -0.1) is 0 Å². The van der Waals surface area contributed by atoms with Crippen LogP contribution in [0, 0.1) is 5.82 Å². The summed E-state index contributed by atoms with van der Waals surface area (Å²) in [6.45, 7) is 1.48. The molecule has 5 nitrogen and oxygen atoms in total. The Morgan fingerprint density at radius 1 is 1.00 bits per heavy atom. The molecular weight excluding hydrogens is 403 g/mol. The van der Waals surface area contributed by atoms with Gasteiger partial charge in [-0.3, -0.25) is 4.79 Å². The number of halogens is 1. The third-order valence-electron chi connectivity index (χ3n) is 6.23. The Morgan fingerprint density at radius 2 is 1.81 bits per heavy atom. The highest BCUT2D eigenvalue weighted by molar-refractivity contribution is 5.92. The number of aromatic nitrogens is 3. The Bertz CT molecular complexity index is 1370. The molecule has 6 heteroatoms. The van der Waals surface area contributed by atoms with Crippen LogP contribution in [0.1, 0.15) is 55.8 Å². The van der Waals surface area contributed by atoms with Crippen LogP contribution in [0.4, 0.5) is 10.1 Å². The van der Waals surface area contributed by atoms with E-state index in [2.05, 4.69) is 11.4 Å². The van der Waals surface area contributed by atoms with Gasteiger partial charge in [-0.05, 0) is 68.1 Å². The topological polar surface area (TPSA) is 59.8 Å². The van der Waals surface area contributed by atoms with Crippen molar-refractivity contribution in [2.24, 2.45) is 0 Å². The molecule has 0 spiro atoms. The van der Waals surface area contributed by atoms with E-state index in [0.717, 1.165) is 46.4 Å². The van der Waals surface area contributed by atoms with Crippen LogP contribution in [-0.4, -0.2) is 20.7 Å². The summed E-state index contributed by atoms with van der Waals surface area (Å²) in [6.07, 6.45) is 4.67. The van der Waals surface area contributed by atoms with E-state index < -0.39 is 0 Å². The number of amides is 1. The molecule has 32 heavy (non-hydrogen) atoms. The monoisotopic (exact) mass is 426 g/mol. The molecule has 1 N–H and O–H groups in total. The van der Waals surface area contributed by atoms with Crippen molar-refractivity contribution in [3.8, 4) is 16.9 Å². The molecule has 0 saturated heterocycles. The zero-order chi connectivity index (χ0) is 21.8. The van der Waals surface area contributed by atoms with E-state index in [1.807, 2.05) is 47.1 Å². The molecule has 0 atom stereocenters. The number of carbonyl (C=O) groups excluding carboxylic acids is 1. The van der Waals surface area contributed by atoms with Crippen molar-refractivity contribution in [2.75, 3.05) is 5.32 Å². The van der Waals surface area contributed by atoms with Crippen LogP contribution in [0.3, 0.4) is 0 Å². The first-order valence-electron chi connectivity index (χ1n) is 11.1. The van der Waals surface area contributed by atoms with Gasteiger partial charge in [-0.25, -0.2) is 14.1 Å². The third-order valence-corrected chi connectivity index (χ3v) is 6.23. The zero-order valence-corrected chi connectivity index (χ0v) is 17.8. The first-order valence-corrected chi connectivity index (χ1v) is 11.1. The maximum atomic E-state index is 15.3. The van der Waals surface area contributed by atoms with E-state index in [1.54, 1.807) is 6.07 Å². The summed E-state index contributed by atoms with van der Waals surface area (Å²) in [5, 5.41) is 8.46. The average Bonchev–Trinajstić information content (AvgIpc) is 3.71. The van der Waals surface area contributed by atoms with Crippen LogP contribution in [0.15, 0.2) is 54.6 Å². The molecule has 1 amide bonds.